The summed E-state index contributed by atoms with van der Waals surface area (Å²) in [5.74, 6) is -1.80. The molecule has 1 aliphatic rings. The van der Waals surface area contributed by atoms with E-state index in [4.69, 9.17) is 5.73 Å². The quantitative estimate of drug-likeness (QED) is 0.761. The highest BCUT2D eigenvalue weighted by Crippen LogP contribution is 2.41. The highest BCUT2D eigenvalue weighted by Gasteiger charge is 2.43. The summed E-state index contributed by atoms with van der Waals surface area (Å²) in [5.41, 5.74) is 6.80. The zero-order chi connectivity index (χ0) is 15.6. The van der Waals surface area contributed by atoms with Gasteiger partial charge in [-0.05, 0) is 59.2 Å². The molecule has 0 saturated heterocycles. The van der Waals surface area contributed by atoms with Gasteiger partial charge in [0.2, 0.25) is 0 Å². The molecule has 0 bridgehead atoms. The van der Waals surface area contributed by atoms with Crippen LogP contribution in [0.4, 0.5) is 17.6 Å². The third-order valence-electron chi connectivity index (χ3n) is 4.27. The van der Waals surface area contributed by atoms with Gasteiger partial charge in [0.05, 0.1) is 10.4 Å². The lowest BCUT2D eigenvalue weighted by molar-refractivity contribution is -0.186. The van der Waals surface area contributed by atoms with E-state index in [1.165, 1.54) is 6.07 Å². The van der Waals surface area contributed by atoms with Crippen molar-refractivity contribution in [2.24, 2.45) is 17.6 Å². The summed E-state index contributed by atoms with van der Waals surface area (Å²) >= 11 is 3.17. The monoisotopic (exact) mass is 367 g/mol. The summed E-state index contributed by atoms with van der Waals surface area (Å²) in [4.78, 5) is 0. The van der Waals surface area contributed by atoms with Crippen LogP contribution in [-0.2, 0) is 6.42 Å². The van der Waals surface area contributed by atoms with Crippen LogP contribution in [0.15, 0.2) is 22.7 Å². The van der Waals surface area contributed by atoms with Crippen molar-refractivity contribution in [3.63, 3.8) is 0 Å². The van der Waals surface area contributed by atoms with Crippen molar-refractivity contribution in [1.29, 1.82) is 0 Å². The SMILES string of the molecule is NC(Cc1cccc(F)c1Br)C1CCCC(C(F)(F)F)C1. The van der Waals surface area contributed by atoms with Crippen molar-refractivity contribution in [1.82, 2.24) is 0 Å². The van der Waals surface area contributed by atoms with E-state index in [1.54, 1.807) is 12.1 Å². The fourth-order valence-electron chi connectivity index (χ4n) is 3.04. The molecular weight excluding hydrogens is 350 g/mol. The van der Waals surface area contributed by atoms with Gasteiger partial charge in [-0.25, -0.2) is 4.39 Å². The van der Waals surface area contributed by atoms with Crippen molar-refractivity contribution < 1.29 is 17.6 Å². The van der Waals surface area contributed by atoms with Gasteiger partial charge in [-0.3, -0.25) is 0 Å². The molecule has 0 amide bonds. The third-order valence-corrected chi connectivity index (χ3v) is 5.16. The smallest absolute Gasteiger partial charge is 0.327 e. The van der Waals surface area contributed by atoms with E-state index in [0.29, 0.717) is 29.3 Å². The van der Waals surface area contributed by atoms with Crippen LogP contribution in [0.1, 0.15) is 31.2 Å². The molecule has 0 radical (unpaired) electrons. The van der Waals surface area contributed by atoms with E-state index in [-0.39, 0.29) is 30.6 Å². The minimum absolute atomic E-state index is 0.0810. The fourth-order valence-corrected chi connectivity index (χ4v) is 3.47. The Morgan fingerprint density at radius 1 is 1.29 bits per heavy atom. The Balaban J connectivity index is 2.03. The molecule has 1 aromatic rings. The van der Waals surface area contributed by atoms with Gasteiger partial charge in [0, 0.05) is 6.04 Å². The van der Waals surface area contributed by atoms with Crippen LogP contribution in [0.3, 0.4) is 0 Å². The second-order valence-corrected chi connectivity index (χ2v) is 6.54. The van der Waals surface area contributed by atoms with Gasteiger partial charge in [0.25, 0.3) is 0 Å². The molecule has 3 atom stereocenters. The summed E-state index contributed by atoms with van der Waals surface area (Å²) in [6.45, 7) is 0. The first-order valence-electron chi connectivity index (χ1n) is 7.04. The molecule has 0 aromatic heterocycles. The molecule has 0 spiro atoms. The topological polar surface area (TPSA) is 26.0 Å². The summed E-state index contributed by atoms with van der Waals surface area (Å²) in [5, 5.41) is 0. The Kier molecular flexibility index (Phi) is 5.30. The molecule has 2 rings (SSSR count). The predicted octanol–water partition coefficient (Wildman–Crippen LogP) is 4.83. The van der Waals surface area contributed by atoms with E-state index < -0.39 is 12.1 Å². The van der Waals surface area contributed by atoms with Crippen LogP contribution in [0.2, 0.25) is 0 Å². The number of hydrogen-bond donors (Lipinski definition) is 1. The predicted molar refractivity (Wildman–Crippen MR) is 77.3 cm³/mol. The Labute approximate surface area is 130 Å². The van der Waals surface area contributed by atoms with Crippen molar-refractivity contribution in [3.8, 4) is 0 Å². The molecule has 0 aliphatic heterocycles. The summed E-state index contributed by atoms with van der Waals surface area (Å²) in [6, 6.07) is 4.28. The third kappa shape index (κ3) is 4.19. The van der Waals surface area contributed by atoms with Gasteiger partial charge in [-0.1, -0.05) is 18.6 Å². The molecule has 118 valence electrons. The molecular formula is C15H18BrF4N. The molecule has 21 heavy (non-hydrogen) atoms. The first-order valence-corrected chi connectivity index (χ1v) is 7.83. The van der Waals surface area contributed by atoms with E-state index in [1.807, 2.05) is 0 Å². The van der Waals surface area contributed by atoms with Crippen molar-refractivity contribution >= 4 is 15.9 Å². The van der Waals surface area contributed by atoms with Gasteiger partial charge in [-0.15, -0.1) is 0 Å². The van der Waals surface area contributed by atoms with Gasteiger partial charge < -0.3 is 5.73 Å². The van der Waals surface area contributed by atoms with Crippen molar-refractivity contribution in [3.05, 3.63) is 34.1 Å². The van der Waals surface area contributed by atoms with Crippen LogP contribution < -0.4 is 5.73 Å². The van der Waals surface area contributed by atoms with Crippen molar-refractivity contribution in [2.75, 3.05) is 0 Å². The Hall–Kier alpha value is -0.620. The van der Waals surface area contributed by atoms with Gasteiger partial charge in [0.1, 0.15) is 5.82 Å². The van der Waals surface area contributed by atoms with Crippen LogP contribution in [0, 0.1) is 17.7 Å². The minimum atomic E-state index is -4.14. The zero-order valence-electron chi connectivity index (χ0n) is 11.5. The molecule has 1 aliphatic carbocycles. The highest BCUT2D eigenvalue weighted by molar-refractivity contribution is 9.10. The zero-order valence-corrected chi connectivity index (χ0v) is 13.1. The number of hydrogen-bond acceptors (Lipinski definition) is 1. The molecule has 0 heterocycles. The second kappa shape index (κ2) is 6.65. The first kappa shape index (κ1) is 16.7. The highest BCUT2D eigenvalue weighted by atomic mass is 79.9. The van der Waals surface area contributed by atoms with E-state index >= 15 is 0 Å². The molecule has 1 saturated carbocycles. The molecule has 2 N–H and O–H groups in total. The summed E-state index contributed by atoms with van der Waals surface area (Å²) in [7, 11) is 0. The second-order valence-electron chi connectivity index (χ2n) is 5.75. The average molecular weight is 368 g/mol. The fraction of sp³-hybridized carbons (Fsp3) is 0.600. The van der Waals surface area contributed by atoms with Gasteiger partial charge in [0.15, 0.2) is 0 Å². The number of nitrogens with two attached hydrogens (primary N) is 1. The molecule has 3 unspecified atom stereocenters. The lowest BCUT2D eigenvalue weighted by atomic mass is 9.76. The molecule has 6 heteroatoms. The van der Waals surface area contributed by atoms with E-state index in [9.17, 15) is 17.6 Å². The average Bonchev–Trinajstić information content (AvgIpc) is 2.43. The van der Waals surface area contributed by atoms with Crippen LogP contribution in [-0.4, -0.2) is 12.2 Å². The molecule has 1 aromatic carbocycles. The molecule has 1 nitrogen and oxygen atoms in total. The normalized spacial score (nSPS) is 24.9. The Bertz CT molecular complexity index is 489. The van der Waals surface area contributed by atoms with E-state index in [2.05, 4.69) is 15.9 Å². The van der Waals surface area contributed by atoms with Crippen LogP contribution in [0.5, 0.6) is 0 Å². The number of benzene rings is 1. The Morgan fingerprint density at radius 3 is 2.67 bits per heavy atom. The lowest BCUT2D eigenvalue weighted by Gasteiger charge is -2.34. The first-order chi connectivity index (χ1) is 9.79. The maximum Gasteiger partial charge on any atom is 0.391 e. The maximum atomic E-state index is 13.5. The van der Waals surface area contributed by atoms with Crippen LogP contribution in [0.25, 0.3) is 0 Å². The molecule has 1 fully saturated rings. The van der Waals surface area contributed by atoms with E-state index in [0.717, 1.165) is 0 Å². The summed E-state index contributed by atoms with van der Waals surface area (Å²) < 4.78 is 52.3. The standard InChI is InChI=1S/C15H18BrF4N/c16-14-10(4-2-6-12(14)17)8-13(21)9-3-1-5-11(7-9)15(18,19)20/h2,4,6,9,11,13H,1,3,5,7-8,21H2. The van der Waals surface area contributed by atoms with Gasteiger partial charge in [-0.2, -0.15) is 13.2 Å². The lowest BCUT2D eigenvalue weighted by Crippen LogP contribution is -2.39. The Morgan fingerprint density at radius 2 is 2.00 bits per heavy atom. The number of halogens is 5. The summed E-state index contributed by atoms with van der Waals surface area (Å²) in [6.07, 6.45) is -2.23. The van der Waals surface area contributed by atoms with Gasteiger partial charge >= 0.3 is 6.18 Å². The maximum absolute atomic E-state index is 13.5. The number of rotatable bonds is 3. The largest absolute Gasteiger partial charge is 0.391 e. The van der Waals surface area contributed by atoms with Crippen LogP contribution >= 0.6 is 15.9 Å². The number of alkyl halides is 3. The minimum Gasteiger partial charge on any atom is -0.327 e. The van der Waals surface area contributed by atoms with Crippen molar-refractivity contribution in [2.45, 2.75) is 44.3 Å².